The van der Waals surface area contributed by atoms with Gasteiger partial charge in [-0.25, -0.2) is 8.42 Å². The zero-order valence-electron chi connectivity index (χ0n) is 9.04. The van der Waals surface area contributed by atoms with Crippen LogP contribution in [0.15, 0.2) is 35.4 Å². The molecule has 2 aromatic rings. The first-order chi connectivity index (χ1) is 8.02. The Morgan fingerprint density at radius 3 is 2.41 bits per heavy atom. The molecule has 5 nitrogen and oxygen atoms in total. The largest absolute Gasteiger partial charge is 0.298 e. The molecule has 0 aliphatic carbocycles. The summed E-state index contributed by atoms with van der Waals surface area (Å²) in [5.41, 5.74) is 1.74. The van der Waals surface area contributed by atoms with Gasteiger partial charge in [-0.05, 0) is 12.1 Å². The van der Waals surface area contributed by atoms with Gasteiger partial charge in [-0.2, -0.15) is 5.10 Å². The molecule has 0 radical (unpaired) electrons. The average molecular weight is 250 g/mol. The Kier molecular flexibility index (Phi) is 2.81. The predicted molar refractivity (Wildman–Crippen MR) is 62.5 cm³/mol. The van der Waals surface area contributed by atoms with Crippen molar-refractivity contribution in [2.24, 2.45) is 0 Å². The molecule has 1 aromatic heterocycles. The molecular formula is C11H10N2O3S. The Labute approximate surface area is 98.4 Å². The van der Waals surface area contributed by atoms with E-state index in [9.17, 15) is 13.2 Å². The van der Waals surface area contributed by atoms with Crippen molar-refractivity contribution >= 4 is 16.1 Å². The molecular weight excluding hydrogens is 240 g/mol. The van der Waals surface area contributed by atoms with Crippen LogP contribution < -0.4 is 0 Å². The summed E-state index contributed by atoms with van der Waals surface area (Å²) < 4.78 is 22.6. The lowest BCUT2D eigenvalue weighted by atomic mass is 10.1. The van der Waals surface area contributed by atoms with Crippen molar-refractivity contribution in [2.75, 3.05) is 6.26 Å². The van der Waals surface area contributed by atoms with Crippen LogP contribution in [-0.2, 0) is 9.84 Å². The van der Waals surface area contributed by atoms with Crippen LogP contribution in [0.5, 0.6) is 0 Å². The SMILES string of the molecule is CS(=O)(=O)c1ccc(-c2[nH]ncc2C=O)cc1. The van der Waals surface area contributed by atoms with E-state index in [4.69, 9.17) is 0 Å². The number of aromatic amines is 1. The van der Waals surface area contributed by atoms with Crippen LogP contribution in [0.1, 0.15) is 10.4 Å². The van der Waals surface area contributed by atoms with E-state index >= 15 is 0 Å². The van der Waals surface area contributed by atoms with Crippen LogP contribution in [0.3, 0.4) is 0 Å². The van der Waals surface area contributed by atoms with Gasteiger partial charge in [-0.3, -0.25) is 9.89 Å². The minimum absolute atomic E-state index is 0.244. The van der Waals surface area contributed by atoms with E-state index in [0.29, 0.717) is 17.5 Å². The van der Waals surface area contributed by atoms with Crippen LogP contribution in [-0.4, -0.2) is 31.2 Å². The normalized spacial score (nSPS) is 11.4. The zero-order valence-corrected chi connectivity index (χ0v) is 9.86. The number of aromatic nitrogens is 2. The quantitative estimate of drug-likeness (QED) is 0.832. The second kappa shape index (κ2) is 4.14. The Bertz CT molecular complexity index is 642. The van der Waals surface area contributed by atoms with Gasteiger partial charge in [-0.1, -0.05) is 12.1 Å². The Morgan fingerprint density at radius 1 is 1.24 bits per heavy atom. The molecule has 0 saturated heterocycles. The van der Waals surface area contributed by atoms with Crippen molar-refractivity contribution in [3.8, 4) is 11.3 Å². The molecule has 0 atom stereocenters. The number of hydrogen-bond donors (Lipinski definition) is 1. The highest BCUT2D eigenvalue weighted by Crippen LogP contribution is 2.21. The summed E-state index contributed by atoms with van der Waals surface area (Å²) in [5, 5.41) is 6.47. The van der Waals surface area contributed by atoms with Gasteiger partial charge in [0, 0.05) is 11.8 Å². The van der Waals surface area contributed by atoms with E-state index in [-0.39, 0.29) is 4.90 Å². The summed E-state index contributed by atoms with van der Waals surface area (Å²) in [4.78, 5) is 11.0. The van der Waals surface area contributed by atoms with Crippen molar-refractivity contribution in [2.45, 2.75) is 4.90 Å². The van der Waals surface area contributed by atoms with E-state index in [2.05, 4.69) is 10.2 Å². The molecule has 0 amide bonds. The number of benzene rings is 1. The number of nitrogens with zero attached hydrogens (tertiary/aromatic N) is 1. The standard InChI is InChI=1S/C11H10N2O3S/c1-17(15,16)10-4-2-8(3-5-10)11-9(7-14)6-12-13-11/h2-7H,1H3,(H,12,13). The first-order valence-corrected chi connectivity index (χ1v) is 6.70. The predicted octanol–water partition coefficient (Wildman–Crippen LogP) is 1.29. The molecule has 1 heterocycles. The number of nitrogens with one attached hydrogen (secondary N) is 1. The Morgan fingerprint density at radius 2 is 1.88 bits per heavy atom. The Balaban J connectivity index is 2.46. The Hall–Kier alpha value is -1.95. The smallest absolute Gasteiger partial charge is 0.175 e. The lowest BCUT2D eigenvalue weighted by molar-refractivity contribution is 0.112. The molecule has 0 unspecified atom stereocenters. The average Bonchev–Trinajstić information content (AvgIpc) is 2.76. The minimum Gasteiger partial charge on any atom is -0.298 e. The van der Waals surface area contributed by atoms with Gasteiger partial charge in [0.15, 0.2) is 16.1 Å². The topological polar surface area (TPSA) is 79.9 Å². The first kappa shape index (κ1) is 11.5. The van der Waals surface area contributed by atoms with Gasteiger partial charge < -0.3 is 0 Å². The summed E-state index contributed by atoms with van der Waals surface area (Å²) >= 11 is 0. The van der Waals surface area contributed by atoms with E-state index in [1.165, 1.54) is 18.3 Å². The van der Waals surface area contributed by atoms with Crippen molar-refractivity contribution in [1.29, 1.82) is 0 Å². The van der Waals surface area contributed by atoms with Gasteiger partial charge in [0.05, 0.1) is 22.3 Å². The maximum atomic E-state index is 11.3. The lowest BCUT2D eigenvalue weighted by Crippen LogP contribution is -1.96. The summed E-state index contributed by atoms with van der Waals surface area (Å²) in [6, 6.07) is 6.27. The fourth-order valence-electron chi connectivity index (χ4n) is 1.48. The van der Waals surface area contributed by atoms with Gasteiger partial charge in [0.25, 0.3) is 0 Å². The number of carbonyl (C=O) groups excluding carboxylic acids is 1. The first-order valence-electron chi connectivity index (χ1n) is 4.81. The lowest BCUT2D eigenvalue weighted by Gasteiger charge is -2.01. The van der Waals surface area contributed by atoms with Gasteiger partial charge in [-0.15, -0.1) is 0 Å². The van der Waals surface area contributed by atoms with Crippen molar-refractivity contribution in [1.82, 2.24) is 10.2 Å². The van der Waals surface area contributed by atoms with E-state index in [0.717, 1.165) is 11.8 Å². The number of carbonyl (C=O) groups is 1. The second-order valence-corrected chi connectivity index (χ2v) is 5.63. The summed E-state index contributed by atoms with van der Waals surface area (Å²) in [6.45, 7) is 0. The minimum atomic E-state index is -3.20. The molecule has 2 rings (SSSR count). The second-order valence-electron chi connectivity index (χ2n) is 3.61. The van der Waals surface area contributed by atoms with Crippen LogP contribution >= 0.6 is 0 Å². The van der Waals surface area contributed by atoms with Crippen LogP contribution in [0.4, 0.5) is 0 Å². The summed E-state index contributed by atoms with van der Waals surface area (Å²) in [6.07, 6.45) is 3.27. The molecule has 0 saturated carbocycles. The van der Waals surface area contributed by atoms with Crippen molar-refractivity contribution in [3.05, 3.63) is 36.0 Å². The molecule has 0 aliphatic rings. The third kappa shape index (κ3) is 2.26. The molecule has 1 N–H and O–H groups in total. The van der Waals surface area contributed by atoms with Gasteiger partial charge in [0.2, 0.25) is 0 Å². The molecule has 0 aliphatic heterocycles. The molecule has 88 valence electrons. The number of hydrogen-bond acceptors (Lipinski definition) is 4. The van der Waals surface area contributed by atoms with E-state index in [1.54, 1.807) is 12.1 Å². The molecule has 17 heavy (non-hydrogen) atoms. The van der Waals surface area contributed by atoms with E-state index < -0.39 is 9.84 Å². The third-order valence-corrected chi connectivity index (χ3v) is 3.50. The summed E-state index contributed by atoms with van der Waals surface area (Å²) in [7, 11) is -3.20. The number of sulfone groups is 1. The molecule has 0 bridgehead atoms. The number of H-pyrrole nitrogens is 1. The molecule has 0 spiro atoms. The molecule has 1 aromatic carbocycles. The number of rotatable bonds is 3. The molecule has 0 fully saturated rings. The highest BCUT2D eigenvalue weighted by Gasteiger charge is 2.09. The summed E-state index contributed by atoms with van der Waals surface area (Å²) in [5.74, 6) is 0. The fraction of sp³-hybridized carbons (Fsp3) is 0.0909. The van der Waals surface area contributed by atoms with Gasteiger partial charge in [0.1, 0.15) is 0 Å². The van der Waals surface area contributed by atoms with Gasteiger partial charge >= 0.3 is 0 Å². The highest BCUT2D eigenvalue weighted by molar-refractivity contribution is 7.90. The van der Waals surface area contributed by atoms with Crippen LogP contribution in [0.2, 0.25) is 0 Å². The monoisotopic (exact) mass is 250 g/mol. The van der Waals surface area contributed by atoms with Crippen LogP contribution in [0.25, 0.3) is 11.3 Å². The maximum Gasteiger partial charge on any atom is 0.175 e. The maximum absolute atomic E-state index is 11.3. The van der Waals surface area contributed by atoms with Crippen molar-refractivity contribution < 1.29 is 13.2 Å². The highest BCUT2D eigenvalue weighted by atomic mass is 32.2. The number of aldehydes is 1. The molecule has 6 heteroatoms. The van der Waals surface area contributed by atoms with Crippen molar-refractivity contribution in [3.63, 3.8) is 0 Å². The zero-order chi connectivity index (χ0) is 12.5. The fourth-order valence-corrected chi connectivity index (χ4v) is 2.12. The van der Waals surface area contributed by atoms with Crippen LogP contribution in [0, 0.1) is 0 Å². The van der Waals surface area contributed by atoms with E-state index in [1.807, 2.05) is 0 Å². The third-order valence-electron chi connectivity index (χ3n) is 2.37.